The van der Waals surface area contributed by atoms with E-state index in [0.29, 0.717) is 41.9 Å². The first-order valence-electron chi connectivity index (χ1n) is 9.68. The molecule has 1 aliphatic rings. The SMILES string of the molecule is CCOc1cc([C@@H]2N=C(NC#N)NC(C)=C2C(C)=O)ccc1OCc1ccccc1. The molecular weight excluding hydrogens is 380 g/mol. The van der Waals surface area contributed by atoms with Gasteiger partial charge in [-0.05, 0) is 44.0 Å². The van der Waals surface area contributed by atoms with Gasteiger partial charge in [-0.15, -0.1) is 0 Å². The second-order valence-corrected chi connectivity index (χ2v) is 6.75. The number of ether oxygens (including phenoxy) is 2. The summed E-state index contributed by atoms with van der Waals surface area (Å²) in [5.74, 6) is 1.40. The number of rotatable bonds is 7. The quantitative estimate of drug-likeness (QED) is 0.541. The maximum atomic E-state index is 12.3. The zero-order chi connectivity index (χ0) is 21.5. The highest BCUT2D eigenvalue weighted by molar-refractivity contribution is 5.98. The van der Waals surface area contributed by atoms with Gasteiger partial charge in [0, 0.05) is 11.3 Å². The van der Waals surface area contributed by atoms with Gasteiger partial charge in [-0.1, -0.05) is 36.4 Å². The van der Waals surface area contributed by atoms with Crippen molar-refractivity contribution in [3.63, 3.8) is 0 Å². The Morgan fingerprint density at radius 3 is 2.63 bits per heavy atom. The molecule has 1 heterocycles. The van der Waals surface area contributed by atoms with Crippen molar-refractivity contribution in [3.8, 4) is 17.7 Å². The van der Waals surface area contributed by atoms with E-state index in [1.165, 1.54) is 6.92 Å². The Labute approximate surface area is 176 Å². The minimum atomic E-state index is -0.554. The molecule has 0 spiro atoms. The van der Waals surface area contributed by atoms with Crippen molar-refractivity contribution in [1.82, 2.24) is 10.6 Å². The maximum absolute atomic E-state index is 12.3. The number of guanidine groups is 1. The topological polar surface area (TPSA) is 95.7 Å². The number of carbonyl (C=O) groups is 1. The van der Waals surface area contributed by atoms with E-state index >= 15 is 0 Å². The molecule has 2 aromatic rings. The zero-order valence-electron chi connectivity index (χ0n) is 17.2. The van der Waals surface area contributed by atoms with Crippen LogP contribution in [-0.2, 0) is 11.4 Å². The molecule has 1 atom stereocenters. The van der Waals surface area contributed by atoms with Gasteiger partial charge in [-0.2, -0.15) is 5.26 Å². The number of nitriles is 1. The fourth-order valence-electron chi connectivity index (χ4n) is 3.31. The lowest BCUT2D eigenvalue weighted by Crippen LogP contribution is -2.38. The molecule has 0 amide bonds. The first-order valence-corrected chi connectivity index (χ1v) is 9.68. The van der Waals surface area contributed by atoms with Crippen molar-refractivity contribution in [2.24, 2.45) is 4.99 Å². The van der Waals surface area contributed by atoms with Crippen LogP contribution in [0.5, 0.6) is 11.5 Å². The molecule has 0 aromatic heterocycles. The molecule has 0 radical (unpaired) electrons. The molecule has 0 aliphatic carbocycles. The lowest BCUT2D eigenvalue weighted by Gasteiger charge is -2.25. The molecular formula is C23H24N4O3. The van der Waals surface area contributed by atoms with Gasteiger partial charge < -0.3 is 14.8 Å². The van der Waals surface area contributed by atoms with Crippen LogP contribution in [0.2, 0.25) is 0 Å². The third-order valence-electron chi connectivity index (χ3n) is 4.62. The van der Waals surface area contributed by atoms with Crippen molar-refractivity contribution in [3.05, 3.63) is 70.9 Å². The predicted octanol–water partition coefficient (Wildman–Crippen LogP) is 3.60. The van der Waals surface area contributed by atoms with Gasteiger partial charge >= 0.3 is 0 Å². The maximum Gasteiger partial charge on any atom is 0.209 e. The van der Waals surface area contributed by atoms with Crippen molar-refractivity contribution < 1.29 is 14.3 Å². The number of hydrogen-bond acceptors (Lipinski definition) is 7. The van der Waals surface area contributed by atoms with Crippen LogP contribution in [0.1, 0.15) is 37.9 Å². The Balaban J connectivity index is 1.94. The molecule has 7 heteroatoms. The van der Waals surface area contributed by atoms with E-state index in [9.17, 15) is 4.79 Å². The first-order chi connectivity index (χ1) is 14.5. The predicted molar refractivity (Wildman–Crippen MR) is 114 cm³/mol. The standard InChI is InChI=1S/C23H24N4O3/c1-4-29-20-12-18(10-11-19(20)30-13-17-8-6-5-7-9-17)22-21(16(3)28)15(2)26-23(27-22)25-14-24/h5-12,22H,4,13H2,1-3H3,(H2,25,26,27)/t22-/m0/s1. The van der Waals surface area contributed by atoms with Gasteiger partial charge in [-0.3, -0.25) is 10.1 Å². The van der Waals surface area contributed by atoms with Crippen LogP contribution < -0.4 is 20.1 Å². The van der Waals surface area contributed by atoms with Crippen LogP contribution in [-0.4, -0.2) is 18.3 Å². The Hall–Kier alpha value is -3.79. The normalized spacial score (nSPS) is 15.5. The third kappa shape index (κ3) is 4.78. The lowest BCUT2D eigenvalue weighted by molar-refractivity contribution is -0.114. The number of carbonyl (C=O) groups excluding carboxylic acids is 1. The number of Topliss-reactive ketones (excluding diaryl/α,β-unsaturated/α-hetero) is 1. The van der Waals surface area contributed by atoms with Crippen LogP contribution in [0.25, 0.3) is 0 Å². The minimum Gasteiger partial charge on any atom is -0.490 e. The lowest BCUT2D eigenvalue weighted by atomic mass is 9.93. The van der Waals surface area contributed by atoms with Crippen LogP contribution in [0, 0.1) is 11.5 Å². The van der Waals surface area contributed by atoms with Crippen LogP contribution in [0.15, 0.2) is 64.8 Å². The fourth-order valence-corrected chi connectivity index (χ4v) is 3.31. The molecule has 0 fully saturated rings. The highest BCUT2D eigenvalue weighted by Gasteiger charge is 2.28. The minimum absolute atomic E-state index is 0.0906. The van der Waals surface area contributed by atoms with E-state index in [1.807, 2.05) is 61.6 Å². The van der Waals surface area contributed by atoms with E-state index in [-0.39, 0.29) is 5.78 Å². The summed E-state index contributed by atoms with van der Waals surface area (Å²) in [7, 11) is 0. The summed E-state index contributed by atoms with van der Waals surface area (Å²) in [5.41, 5.74) is 3.02. The summed E-state index contributed by atoms with van der Waals surface area (Å²) in [5, 5.41) is 14.4. The summed E-state index contributed by atoms with van der Waals surface area (Å²) in [6.45, 7) is 6.08. The van der Waals surface area contributed by atoms with Gasteiger partial charge in [0.1, 0.15) is 12.6 Å². The molecule has 2 aromatic carbocycles. The smallest absolute Gasteiger partial charge is 0.209 e. The molecule has 0 unspecified atom stereocenters. The van der Waals surface area contributed by atoms with Gasteiger partial charge in [0.2, 0.25) is 5.96 Å². The summed E-state index contributed by atoms with van der Waals surface area (Å²) in [4.78, 5) is 16.8. The summed E-state index contributed by atoms with van der Waals surface area (Å²) < 4.78 is 11.8. The highest BCUT2D eigenvalue weighted by Crippen LogP contribution is 2.37. The number of benzene rings is 2. The van der Waals surface area contributed by atoms with Crippen molar-refractivity contribution in [2.45, 2.75) is 33.4 Å². The number of nitrogens with zero attached hydrogens (tertiary/aromatic N) is 2. The fraction of sp³-hybridized carbons (Fsp3) is 0.261. The molecule has 0 bridgehead atoms. The van der Waals surface area contributed by atoms with Gasteiger partial charge in [0.05, 0.1) is 6.61 Å². The Kier molecular flexibility index (Phi) is 6.71. The van der Waals surface area contributed by atoms with E-state index < -0.39 is 6.04 Å². The molecule has 1 aliphatic heterocycles. The number of allylic oxidation sites excluding steroid dienone is 1. The molecule has 0 saturated heterocycles. The molecule has 154 valence electrons. The van der Waals surface area contributed by atoms with Crippen molar-refractivity contribution >= 4 is 11.7 Å². The second-order valence-electron chi connectivity index (χ2n) is 6.75. The van der Waals surface area contributed by atoms with Crippen LogP contribution in [0.4, 0.5) is 0 Å². The van der Waals surface area contributed by atoms with E-state index in [1.54, 1.807) is 6.92 Å². The van der Waals surface area contributed by atoms with Crippen molar-refractivity contribution in [2.75, 3.05) is 6.61 Å². The largest absolute Gasteiger partial charge is 0.490 e. The Morgan fingerprint density at radius 1 is 1.20 bits per heavy atom. The number of nitrogens with one attached hydrogen (secondary N) is 2. The Morgan fingerprint density at radius 2 is 1.97 bits per heavy atom. The van der Waals surface area contributed by atoms with E-state index in [2.05, 4.69) is 15.6 Å². The van der Waals surface area contributed by atoms with Gasteiger partial charge in [0.25, 0.3) is 0 Å². The highest BCUT2D eigenvalue weighted by atomic mass is 16.5. The van der Waals surface area contributed by atoms with Gasteiger partial charge in [0.15, 0.2) is 23.5 Å². The third-order valence-corrected chi connectivity index (χ3v) is 4.62. The molecule has 7 nitrogen and oxygen atoms in total. The molecule has 30 heavy (non-hydrogen) atoms. The number of aliphatic imine (C=N–C) groups is 1. The molecule has 3 rings (SSSR count). The number of hydrogen-bond donors (Lipinski definition) is 2. The average molecular weight is 404 g/mol. The number of ketones is 1. The van der Waals surface area contributed by atoms with Crippen molar-refractivity contribution in [1.29, 1.82) is 5.26 Å². The van der Waals surface area contributed by atoms with Crippen LogP contribution >= 0.6 is 0 Å². The molecule has 2 N–H and O–H groups in total. The Bertz CT molecular complexity index is 1020. The van der Waals surface area contributed by atoms with E-state index in [0.717, 1.165) is 11.1 Å². The first kappa shape index (κ1) is 20.9. The van der Waals surface area contributed by atoms with E-state index in [4.69, 9.17) is 14.7 Å². The second kappa shape index (κ2) is 9.61. The molecule has 0 saturated carbocycles. The summed E-state index contributed by atoms with van der Waals surface area (Å²) >= 11 is 0. The monoisotopic (exact) mass is 404 g/mol. The summed E-state index contributed by atoms with van der Waals surface area (Å²) in [6.07, 6.45) is 1.85. The summed E-state index contributed by atoms with van der Waals surface area (Å²) in [6, 6.07) is 14.8. The zero-order valence-corrected chi connectivity index (χ0v) is 17.2. The average Bonchev–Trinajstić information content (AvgIpc) is 2.73. The van der Waals surface area contributed by atoms with Crippen LogP contribution in [0.3, 0.4) is 0 Å². The van der Waals surface area contributed by atoms with Gasteiger partial charge in [-0.25, -0.2) is 4.99 Å².